The zero-order chi connectivity index (χ0) is 42.5. The average Bonchev–Trinajstić information content (AvgIpc) is 3.20. The predicted octanol–water partition coefficient (Wildman–Crippen LogP) is -0.554. The van der Waals surface area contributed by atoms with E-state index >= 15 is 0 Å². The number of aliphatic hydroxyl groups is 6. The maximum absolute atomic E-state index is 12.9. The highest BCUT2D eigenvalue weighted by molar-refractivity contribution is 5.90. The SMILES string of the molecule is O=C(O)CC(=O)OCC1O[C@@H](Oc2cc(=O)cc3oc(-c4ccc(O)cc4)c(O[C@@H]4OC(COC(=[OH+])C=Cc5ccc(O)cc5)[C@H](O)C(O)C4O)cc2-3)C(O)[C@@H](O)[C@@H]1O. The normalized spacial score (nSPS) is 26.9. The number of phenols is 2. The van der Waals surface area contributed by atoms with E-state index in [0.717, 1.165) is 12.1 Å². The summed E-state index contributed by atoms with van der Waals surface area (Å²) in [6.45, 7) is -1.31. The minimum absolute atomic E-state index is 0.0374. The number of aliphatic hydroxyl groups excluding tert-OH is 6. The van der Waals surface area contributed by atoms with Gasteiger partial charge in [-0.05, 0) is 54.1 Å². The van der Waals surface area contributed by atoms with Crippen LogP contribution in [0.1, 0.15) is 12.0 Å². The molecule has 2 aromatic carbocycles. The summed E-state index contributed by atoms with van der Waals surface area (Å²) < 4.78 is 39.5. The van der Waals surface area contributed by atoms with Crippen molar-refractivity contribution in [3.05, 3.63) is 88.6 Å². The highest BCUT2D eigenvalue weighted by atomic mass is 16.7. The first-order valence-corrected chi connectivity index (χ1v) is 17.7. The number of rotatable bonds is 13. The van der Waals surface area contributed by atoms with E-state index in [0.29, 0.717) is 5.56 Å². The summed E-state index contributed by atoms with van der Waals surface area (Å²) in [6, 6.07) is 14.7. The van der Waals surface area contributed by atoms with E-state index in [9.17, 15) is 60.0 Å². The summed E-state index contributed by atoms with van der Waals surface area (Å²) in [6.07, 6.45) is -16.2. The maximum atomic E-state index is 12.9. The lowest BCUT2D eigenvalue weighted by Gasteiger charge is -2.40. The first-order valence-electron chi connectivity index (χ1n) is 17.7. The number of carboxylic acid groups (broad SMARTS) is 1. The number of aliphatic carboxylic acids is 1. The van der Waals surface area contributed by atoms with Gasteiger partial charge in [-0.15, -0.1) is 0 Å². The maximum Gasteiger partial charge on any atom is 0.510 e. The van der Waals surface area contributed by atoms with Crippen LogP contribution >= 0.6 is 0 Å². The van der Waals surface area contributed by atoms with Gasteiger partial charge < -0.3 is 83.6 Å². The van der Waals surface area contributed by atoms with Gasteiger partial charge in [0.2, 0.25) is 19.2 Å². The zero-order valence-corrected chi connectivity index (χ0v) is 30.5. The minimum Gasteiger partial charge on any atom is -0.508 e. The van der Waals surface area contributed by atoms with Gasteiger partial charge in [0.05, 0.1) is 11.6 Å². The van der Waals surface area contributed by atoms with Crippen molar-refractivity contribution in [3.63, 3.8) is 0 Å². The second-order valence-corrected chi connectivity index (χ2v) is 13.4. The Bertz CT molecular complexity index is 2170. The number of carboxylic acids is 1. The monoisotopic (exact) mass is 827 g/mol. The molecule has 59 heavy (non-hydrogen) atoms. The number of phenolic OH excluding ortho intramolecular Hbond substituents is 2. The lowest BCUT2D eigenvalue weighted by molar-refractivity contribution is -0.278. The van der Waals surface area contributed by atoms with Crippen molar-refractivity contribution >= 4 is 24.0 Å². The van der Waals surface area contributed by atoms with Crippen LogP contribution in [0.3, 0.4) is 0 Å². The van der Waals surface area contributed by atoms with E-state index in [2.05, 4.69) is 0 Å². The largest absolute Gasteiger partial charge is 0.510 e. The van der Waals surface area contributed by atoms with Crippen LogP contribution in [-0.4, -0.2) is 143 Å². The molecule has 0 amide bonds. The molecule has 1 aliphatic carbocycles. The van der Waals surface area contributed by atoms with E-state index < -0.39 is 104 Å². The molecular weight excluding hydrogens is 788 g/mol. The van der Waals surface area contributed by atoms with E-state index in [4.69, 9.17) is 37.9 Å². The quantitative estimate of drug-likeness (QED) is 0.0353. The summed E-state index contributed by atoms with van der Waals surface area (Å²) in [4.78, 5) is 45.9. The standard InChI is InChI=1S/C39H38O20/c40-19-6-1-17(2-7-19)3-10-29(45)53-15-26-31(47)34(50)36(52)39(59-26)57-25-13-22-23(55-37(25)18-4-8-20(41)9-5-18)11-21(42)12-24(22)56-38-35(51)33(49)32(48)27(58-38)16-54-30(46)14-28(43)44/h1-13,26-27,31-36,38-41,47-52H,14-16H2,(H,43,44)/p+1/t26?,27?,31-,32+,33-,34?,35?,36?,38+,39+/m0/s1. The van der Waals surface area contributed by atoms with Gasteiger partial charge in [0.15, 0.2) is 23.0 Å². The van der Waals surface area contributed by atoms with Gasteiger partial charge in [-0.1, -0.05) is 12.1 Å². The number of carbonyl (C=O) groups excluding carboxylic acids is 2. The molecule has 5 unspecified atom stereocenters. The number of fused-ring (bicyclic) bond motifs is 1. The molecule has 10 N–H and O–H groups in total. The number of benzene rings is 3. The lowest BCUT2D eigenvalue weighted by Crippen LogP contribution is -2.60. The molecule has 2 fully saturated rings. The van der Waals surface area contributed by atoms with Crippen LogP contribution in [0.15, 0.2) is 82.0 Å². The van der Waals surface area contributed by atoms with E-state index in [1.165, 1.54) is 54.6 Å². The molecule has 2 saturated heterocycles. The van der Waals surface area contributed by atoms with Gasteiger partial charge >= 0.3 is 17.9 Å². The number of esters is 2. The van der Waals surface area contributed by atoms with E-state index in [1.807, 2.05) is 0 Å². The molecule has 3 aliphatic heterocycles. The van der Waals surface area contributed by atoms with Crippen LogP contribution in [0.5, 0.6) is 23.0 Å². The van der Waals surface area contributed by atoms with Crippen LogP contribution in [0.25, 0.3) is 28.7 Å². The first kappa shape index (κ1) is 42.5. The molecular formula is C39H39O20+. The van der Waals surface area contributed by atoms with Gasteiger partial charge in [0.1, 0.15) is 78.8 Å². The number of ether oxygens (including phenoxy) is 6. The summed E-state index contributed by atoms with van der Waals surface area (Å²) in [5, 5.41) is 92.5. The number of hydrogen-bond donors (Lipinski definition) is 9. The molecule has 0 saturated carbocycles. The fourth-order valence-electron chi connectivity index (χ4n) is 6.03. The lowest BCUT2D eigenvalue weighted by atomic mass is 9.99. The molecule has 3 heterocycles. The van der Waals surface area contributed by atoms with Crippen molar-refractivity contribution in [2.24, 2.45) is 0 Å². The Morgan fingerprint density at radius 3 is 1.81 bits per heavy atom. The summed E-state index contributed by atoms with van der Waals surface area (Å²) in [7, 11) is 0. The van der Waals surface area contributed by atoms with Crippen LogP contribution in [0.2, 0.25) is 0 Å². The summed E-state index contributed by atoms with van der Waals surface area (Å²) >= 11 is 0. The Balaban J connectivity index is 1.28. The van der Waals surface area contributed by atoms with E-state index in [-0.39, 0.29) is 45.6 Å². The van der Waals surface area contributed by atoms with Gasteiger partial charge in [0, 0.05) is 17.7 Å². The zero-order valence-electron chi connectivity index (χ0n) is 30.5. The molecule has 0 bridgehead atoms. The topological polar surface area (TPSA) is 323 Å². The molecule has 4 aliphatic rings. The van der Waals surface area contributed by atoms with Crippen LogP contribution in [0.4, 0.5) is 0 Å². The van der Waals surface area contributed by atoms with Gasteiger partial charge in [-0.3, -0.25) is 14.4 Å². The third kappa shape index (κ3) is 10.1. The molecule has 20 heteroatoms. The minimum atomic E-state index is -1.96. The van der Waals surface area contributed by atoms with E-state index in [1.54, 1.807) is 12.1 Å². The first-order chi connectivity index (χ1) is 28.1. The number of aromatic hydroxyl groups is 2. The Kier molecular flexibility index (Phi) is 13.1. The Morgan fingerprint density at radius 1 is 0.695 bits per heavy atom. The van der Waals surface area contributed by atoms with Crippen LogP contribution in [0, 0.1) is 0 Å². The molecule has 314 valence electrons. The molecule has 0 radical (unpaired) electrons. The van der Waals surface area contributed by atoms with Crippen molar-refractivity contribution in [1.82, 2.24) is 0 Å². The number of hydrogen-bond acceptors (Lipinski definition) is 18. The third-order valence-electron chi connectivity index (χ3n) is 9.15. The Hall–Kier alpha value is -6.10. The highest BCUT2D eigenvalue weighted by Gasteiger charge is 2.48. The predicted molar refractivity (Wildman–Crippen MR) is 197 cm³/mol. The fourth-order valence-corrected chi connectivity index (χ4v) is 6.03. The average molecular weight is 828 g/mol. The molecule has 0 aromatic heterocycles. The summed E-state index contributed by atoms with van der Waals surface area (Å²) in [5.41, 5.74) is 0.126. The van der Waals surface area contributed by atoms with Gasteiger partial charge in [0.25, 0.3) is 0 Å². The Labute approximate surface area is 332 Å². The third-order valence-corrected chi connectivity index (χ3v) is 9.15. The highest BCUT2D eigenvalue weighted by Crippen LogP contribution is 2.43. The Morgan fingerprint density at radius 2 is 1.24 bits per heavy atom. The van der Waals surface area contributed by atoms with Crippen molar-refractivity contribution < 1.29 is 93.2 Å². The van der Waals surface area contributed by atoms with Gasteiger partial charge in [-0.2, -0.15) is 0 Å². The van der Waals surface area contributed by atoms with Crippen molar-refractivity contribution in [3.8, 4) is 45.6 Å². The molecule has 0 spiro atoms. The summed E-state index contributed by atoms with van der Waals surface area (Å²) in [5.74, 6) is -4.20. The number of carbonyl (C=O) groups is 2. The van der Waals surface area contributed by atoms with Crippen molar-refractivity contribution in [1.29, 1.82) is 0 Å². The van der Waals surface area contributed by atoms with Gasteiger partial charge in [-0.25, -0.2) is 0 Å². The second-order valence-electron chi connectivity index (χ2n) is 13.4. The van der Waals surface area contributed by atoms with Crippen molar-refractivity contribution in [2.75, 3.05) is 13.2 Å². The van der Waals surface area contributed by atoms with Crippen LogP contribution < -0.4 is 14.9 Å². The molecule has 2 aromatic rings. The fraction of sp³-hybridized carbons (Fsp3) is 0.333. The van der Waals surface area contributed by atoms with Crippen molar-refractivity contribution in [2.45, 2.75) is 67.8 Å². The smallest absolute Gasteiger partial charge is 0.508 e. The molecule has 6 rings (SSSR count). The molecule has 10 atom stereocenters. The van der Waals surface area contributed by atoms with Crippen LogP contribution in [-0.2, 0) is 28.5 Å². The second kappa shape index (κ2) is 18.2. The molecule has 20 nitrogen and oxygen atoms in total.